The van der Waals surface area contributed by atoms with Crippen LogP contribution in [0.2, 0.25) is 5.02 Å². The van der Waals surface area contributed by atoms with Gasteiger partial charge in [-0.25, -0.2) is 4.98 Å². The van der Waals surface area contributed by atoms with E-state index in [4.69, 9.17) is 11.6 Å². The summed E-state index contributed by atoms with van der Waals surface area (Å²) in [5.74, 6) is 0. The molecule has 0 amide bonds. The molecule has 0 radical (unpaired) electrons. The molecule has 0 N–H and O–H groups in total. The predicted molar refractivity (Wildman–Crippen MR) is 121 cm³/mol. The molecule has 6 heteroatoms. The number of rotatable bonds is 3. The fourth-order valence-electron chi connectivity index (χ4n) is 3.28. The highest BCUT2D eigenvalue weighted by molar-refractivity contribution is 7.17. The third-order valence-electron chi connectivity index (χ3n) is 4.72. The number of thiophene rings is 1. The highest BCUT2D eigenvalue weighted by Gasteiger charge is 2.11. The Morgan fingerprint density at radius 2 is 1.90 bits per heavy atom. The first-order chi connectivity index (χ1) is 14.2. The third kappa shape index (κ3) is 3.35. The van der Waals surface area contributed by atoms with Crippen molar-refractivity contribution in [3.63, 3.8) is 0 Å². The van der Waals surface area contributed by atoms with Crippen LogP contribution in [-0.2, 0) is 0 Å². The van der Waals surface area contributed by atoms with E-state index in [1.54, 1.807) is 40.7 Å². The minimum absolute atomic E-state index is 0.0561. The standard InChI is InChI=1S/C23H14ClN3OS/c24-17-2-4-20-16(13-17)1-3-18(26-20)7-11-27-12-8-21-22(23(27)28)19(14-29-21)15-5-9-25-10-6-15/h1-14H/b11-7+. The number of benzene rings is 1. The summed E-state index contributed by atoms with van der Waals surface area (Å²) in [7, 11) is 0. The minimum Gasteiger partial charge on any atom is -0.290 e. The van der Waals surface area contributed by atoms with Gasteiger partial charge in [0.2, 0.25) is 0 Å². The van der Waals surface area contributed by atoms with Gasteiger partial charge in [-0.15, -0.1) is 11.3 Å². The van der Waals surface area contributed by atoms with Crippen molar-refractivity contribution < 1.29 is 0 Å². The molecule has 5 aromatic rings. The van der Waals surface area contributed by atoms with Crippen molar-refractivity contribution in [2.45, 2.75) is 0 Å². The second-order valence-electron chi connectivity index (χ2n) is 6.54. The molecule has 4 aromatic heterocycles. The van der Waals surface area contributed by atoms with E-state index in [0.29, 0.717) is 5.02 Å². The highest BCUT2D eigenvalue weighted by atomic mass is 35.5. The topological polar surface area (TPSA) is 47.8 Å². The minimum atomic E-state index is -0.0561. The molecule has 0 spiro atoms. The van der Waals surface area contributed by atoms with Crippen LogP contribution in [-0.4, -0.2) is 14.5 Å². The Bertz CT molecular complexity index is 1440. The Balaban J connectivity index is 1.56. The monoisotopic (exact) mass is 415 g/mol. The van der Waals surface area contributed by atoms with Crippen LogP contribution >= 0.6 is 22.9 Å². The number of aromatic nitrogens is 3. The van der Waals surface area contributed by atoms with E-state index in [1.165, 1.54) is 0 Å². The van der Waals surface area contributed by atoms with Crippen LogP contribution in [0.1, 0.15) is 5.69 Å². The maximum atomic E-state index is 13.1. The Hall–Kier alpha value is -3.28. The molecular formula is C23H14ClN3OS. The quantitative estimate of drug-likeness (QED) is 0.365. The van der Waals surface area contributed by atoms with Gasteiger partial charge in [0.05, 0.1) is 16.6 Å². The van der Waals surface area contributed by atoms with Crippen LogP contribution in [0.4, 0.5) is 0 Å². The average Bonchev–Trinajstić information content (AvgIpc) is 3.19. The van der Waals surface area contributed by atoms with E-state index in [2.05, 4.69) is 9.97 Å². The Morgan fingerprint density at radius 3 is 2.76 bits per heavy atom. The SMILES string of the molecule is O=c1c2c(-c3ccncc3)csc2ccn1/C=C/c1ccc2cc(Cl)ccc2n1. The third-order valence-corrected chi connectivity index (χ3v) is 5.91. The molecule has 0 unspecified atom stereocenters. The zero-order valence-electron chi connectivity index (χ0n) is 15.1. The van der Waals surface area contributed by atoms with Gasteiger partial charge in [0.25, 0.3) is 5.56 Å². The molecule has 0 bridgehead atoms. The Morgan fingerprint density at radius 1 is 1.03 bits per heavy atom. The number of halogens is 1. The number of pyridine rings is 3. The molecule has 0 aliphatic rings. The van der Waals surface area contributed by atoms with E-state index in [9.17, 15) is 4.79 Å². The van der Waals surface area contributed by atoms with Crippen molar-refractivity contribution in [2.75, 3.05) is 0 Å². The summed E-state index contributed by atoms with van der Waals surface area (Å²) in [6, 6.07) is 15.3. The fraction of sp³-hybridized carbons (Fsp3) is 0. The van der Waals surface area contributed by atoms with Crippen LogP contribution in [0, 0.1) is 0 Å². The molecule has 4 heterocycles. The first-order valence-corrected chi connectivity index (χ1v) is 10.2. The molecule has 140 valence electrons. The summed E-state index contributed by atoms with van der Waals surface area (Å²) in [6.07, 6.45) is 8.84. The zero-order chi connectivity index (χ0) is 19.8. The van der Waals surface area contributed by atoms with Crippen LogP contribution < -0.4 is 5.56 Å². The summed E-state index contributed by atoms with van der Waals surface area (Å²) in [4.78, 5) is 21.8. The van der Waals surface area contributed by atoms with E-state index in [0.717, 1.165) is 37.8 Å². The molecule has 0 saturated heterocycles. The molecule has 0 atom stereocenters. The lowest BCUT2D eigenvalue weighted by Crippen LogP contribution is -2.14. The van der Waals surface area contributed by atoms with Crippen LogP contribution in [0.25, 0.3) is 44.4 Å². The number of nitrogens with zero attached hydrogens (tertiary/aromatic N) is 3. The van der Waals surface area contributed by atoms with Crippen LogP contribution in [0.15, 0.2) is 77.3 Å². The maximum absolute atomic E-state index is 13.1. The van der Waals surface area contributed by atoms with Gasteiger partial charge < -0.3 is 0 Å². The van der Waals surface area contributed by atoms with Crippen molar-refractivity contribution >= 4 is 56.2 Å². The van der Waals surface area contributed by atoms with Crippen molar-refractivity contribution in [1.29, 1.82) is 0 Å². The average molecular weight is 416 g/mol. The summed E-state index contributed by atoms with van der Waals surface area (Å²) < 4.78 is 2.56. The molecule has 1 aromatic carbocycles. The van der Waals surface area contributed by atoms with Crippen molar-refractivity contribution in [2.24, 2.45) is 0 Å². The lowest BCUT2D eigenvalue weighted by Gasteiger charge is -2.03. The molecule has 4 nitrogen and oxygen atoms in total. The molecule has 5 rings (SSSR count). The smallest absolute Gasteiger partial charge is 0.263 e. The summed E-state index contributed by atoms with van der Waals surface area (Å²) in [5.41, 5.74) is 3.49. The predicted octanol–water partition coefficient (Wildman–Crippen LogP) is 5.95. The van der Waals surface area contributed by atoms with Gasteiger partial charge in [0.1, 0.15) is 0 Å². The summed E-state index contributed by atoms with van der Waals surface area (Å²) in [5, 5.41) is 4.40. The van der Waals surface area contributed by atoms with Gasteiger partial charge in [-0.05, 0) is 54.1 Å². The first-order valence-electron chi connectivity index (χ1n) is 8.96. The van der Waals surface area contributed by atoms with Gasteiger partial charge in [-0.1, -0.05) is 17.7 Å². The number of fused-ring (bicyclic) bond motifs is 2. The van der Waals surface area contributed by atoms with E-state index in [1.807, 2.05) is 60.0 Å². The van der Waals surface area contributed by atoms with E-state index >= 15 is 0 Å². The molecular weight excluding hydrogens is 402 g/mol. The molecule has 0 aliphatic carbocycles. The Kier molecular flexibility index (Phi) is 4.46. The van der Waals surface area contributed by atoms with Crippen LogP contribution in [0.3, 0.4) is 0 Å². The Labute approximate surface area is 175 Å². The number of hydrogen-bond acceptors (Lipinski definition) is 4. The maximum Gasteiger partial charge on any atom is 0.263 e. The molecule has 0 aliphatic heterocycles. The van der Waals surface area contributed by atoms with Crippen molar-refractivity contribution in [3.8, 4) is 11.1 Å². The normalized spacial score (nSPS) is 11.6. The second-order valence-corrected chi connectivity index (χ2v) is 7.89. The van der Waals surface area contributed by atoms with Crippen molar-refractivity contribution in [3.05, 3.63) is 93.6 Å². The van der Waals surface area contributed by atoms with Gasteiger partial charge in [0, 0.05) is 50.8 Å². The van der Waals surface area contributed by atoms with Crippen molar-refractivity contribution in [1.82, 2.24) is 14.5 Å². The largest absolute Gasteiger partial charge is 0.290 e. The molecule has 0 saturated carbocycles. The highest BCUT2D eigenvalue weighted by Crippen LogP contribution is 2.31. The lowest BCUT2D eigenvalue weighted by atomic mass is 10.1. The molecule has 0 fully saturated rings. The van der Waals surface area contributed by atoms with Gasteiger partial charge in [-0.2, -0.15) is 0 Å². The van der Waals surface area contributed by atoms with Gasteiger partial charge in [0.15, 0.2) is 0 Å². The summed E-state index contributed by atoms with van der Waals surface area (Å²) in [6.45, 7) is 0. The van der Waals surface area contributed by atoms with Gasteiger partial charge in [-0.3, -0.25) is 14.3 Å². The first kappa shape index (κ1) is 17.8. The summed E-state index contributed by atoms with van der Waals surface area (Å²) >= 11 is 7.60. The number of hydrogen-bond donors (Lipinski definition) is 0. The fourth-order valence-corrected chi connectivity index (χ4v) is 4.42. The zero-order valence-corrected chi connectivity index (χ0v) is 16.7. The molecule has 29 heavy (non-hydrogen) atoms. The lowest BCUT2D eigenvalue weighted by molar-refractivity contribution is 1.09. The van der Waals surface area contributed by atoms with E-state index in [-0.39, 0.29) is 5.56 Å². The van der Waals surface area contributed by atoms with Crippen LogP contribution in [0.5, 0.6) is 0 Å². The van der Waals surface area contributed by atoms with Gasteiger partial charge >= 0.3 is 0 Å². The van der Waals surface area contributed by atoms with E-state index < -0.39 is 0 Å². The second kappa shape index (κ2) is 7.28.